The maximum absolute atomic E-state index is 13.0. The molecule has 0 heterocycles. The fraction of sp³-hybridized carbons (Fsp3) is 0.148. The van der Waals surface area contributed by atoms with E-state index in [1.165, 1.54) is 43.5 Å². The summed E-state index contributed by atoms with van der Waals surface area (Å²) in [6.07, 6.45) is 2.98. The molecule has 0 aliphatic heterocycles. The summed E-state index contributed by atoms with van der Waals surface area (Å²) >= 11 is 0. The van der Waals surface area contributed by atoms with E-state index in [0.29, 0.717) is 23.4 Å². The Balaban J connectivity index is 1.77. The van der Waals surface area contributed by atoms with Crippen LogP contribution in [0.2, 0.25) is 0 Å². The SMILES string of the molecule is COc1ccc(NC(=O)C(C(=O)/C=C/c2ccc(O)cc2)C(=O)CCc2ccc(O)cc2)cc1. The summed E-state index contributed by atoms with van der Waals surface area (Å²) in [7, 11) is 1.52. The van der Waals surface area contributed by atoms with Crippen LogP contribution in [0.25, 0.3) is 6.08 Å². The number of phenols is 2. The average molecular weight is 459 g/mol. The summed E-state index contributed by atoms with van der Waals surface area (Å²) in [6.45, 7) is 0. The molecule has 0 aliphatic carbocycles. The van der Waals surface area contributed by atoms with Gasteiger partial charge in [0.15, 0.2) is 17.5 Å². The first-order valence-corrected chi connectivity index (χ1v) is 10.6. The molecule has 0 spiro atoms. The van der Waals surface area contributed by atoms with Crippen molar-refractivity contribution in [1.82, 2.24) is 0 Å². The van der Waals surface area contributed by atoms with E-state index in [4.69, 9.17) is 4.74 Å². The zero-order chi connectivity index (χ0) is 24.5. The van der Waals surface area contributed by atoms with Crippen molar-refractivity contribution in [2.24, 2.45) is 5.92 Å². The van der Waals surface area contributed by atoms with Crippen molar-refractivity contribution in [3.63, 3.8) is 0 Å². The molecule has 3 aromatic rings. The number of ketones is 2. The average Bonchev–Trinajstić information content (AvgIpc) is 2.84. The first-order valence-electron chi connectivity index (χ1n) is 10.6. The molecule has 0 radical (unpaired) electrons. The number of aromatic hydroxyl groups is 2. The second-order valence-electron chi connectivity index (χ2n) is 7.61. The van der Waals surface area contributed by atoms with Gasteiger partial charge in [0.25, 0.3) is 0 Å². The van der Waals surface area contributed by atoms with Gasteiger partial charge in [0.05, 0.1) is 7.11 Å². The highest BCUT2D eigenvalue weighted by Crippen LogP contribution is 2.19. The minimum Gasteiger partial charge on any atom is -0.508 e. The van der Waals surface area contributed by atoms with Gasteiger partial charge < -0.3 is 20.3 Å². The number of methoxy groups -OCH3 is 1. The third kappa shape index (κ3) is 6.80. The lowest BCUT2D eigenvalue weighted by atomic mass is 9.92. The molecular weight excluding hydrogens is 434 g/mol. The molecule has 7 heteroatoms. The van der Waals surface area contributed by atoms with Crippen molar-refractivity contribution in [2.75, 3.05) is 12.4 Å². The lowest BCUT2D eigenvalue weighted by Gasteiger charge is -2.14. The molecule has 1 atom stereocenters. The quantitative estimate of drug-likeness (QED) is 0.310. The first kappa shape index (κ1) is 24.3. The molecule has 174 valence electrons. The second-order valence-corrected chi connectivity index (χ2v) is 7.61. The van der Waals surface area contributed by atoms with E-state index in [2.05, 4.69) is 5.32 Å². The van der Waals surface area contributed by atoms with E-state index >= 15 is 0 Å². The van der Waals surface area contributed by atoms with Gasteiger partial charge in [-0.3, -0.25) is 14.4 Å². The second kappa shape index (κ2) is 11.5. The van der Waals surface area contributed by atoms with Gasteiger partial charge in [-0.2, -0.15) is 0 Å². The van der Waals surface area contributed by atoms with Crippen LogP contribution in [-0.2, 0) is 20.8 Å². The number of anilines is 1. The molecule has 0 aromatic heterocycles. The van der Waals surface area contributed by atoms with Crippen molar-refractivity contribution in [1.29, 1.82) is 0 Å². The van der Waals surface area contributed by atoms with Crippen LogP contribution in [-0.4, -0.2) is 34.8 Å². The van der Waals surface area contributed by atoms with Gasteiger partial charge in [-0.05, 0) is 72.2 Å². The van der Waals surface area contributed by atoms with Crippen LogP contribution in [0.5, 0.6) is 17.2 Å². The number of benzene rings is 3. The van der Waals surface area contributed by atoms with E-state index in [1.54, 1.807) is 48.5 Å². The highest BCUT2D eigenvalue weighted by atomic mass is 16.5. The van der Waals surface area contributed by atoms with E-state index in [1.807, 2.05) is 0 Å². The van der Waals surface area contributed by atoms with Crippen LogP contribution in [0.1, 0.15) is 17.5 Å². The number of hydrogen-bond acceptors (Lipinski definition) is 6. The Kier molecular flexibility index (Phi) is 8.18. The molecule has 0 aliphatic rings. The summed E-state index contributed by atoms with van der Waals surface area (Å²) in [5.41, 5.74) is 1.86. The van der Waals surface area contributed by atoms with E-state index in [0.717, 1.165) is 5.56 Å². The molecule has 3 N–H and O–H groups in total. The molecule has 3 aromatic carbocycles. The zero-order valence-corrected chi connectivity index (χ0v) is 18.6. The minimum atomic E-state index is -1.52. The fourth-order valence-corrected chi connectivity index (χ4v) is 3.26. The van der Waals surface area contributed by atoms with Gasteiger partial charge in [-0.15, -0.1) is 0 Å². The summed E-state index contributed by atoms with van der Waals surface area (Å²) in [4.78, 5) is 38.9. The number of hydrogen-bond donors (Lipinski definition) is 3. The molecular formula is C27H25NO6. The number of aryl methyl sites for hydroxylation is 1. The number of allylic oxidation sites excluding steroid dienone is 1. The van der Waals surface area contributed by atoms with Crippen molar-refractivity contribution < 1.29 is 29.3 Å². The first-order chi connectivity index (χ1) is 16.4. The molecule has 34 heavy (non-hydrogen) atoms. The van der Waals surface area contributed by atoms with Crippen LogP contribution in [0.4, 0.5) is 5.69 Å². The van der Waals surface area contributed by atoms with Gasteiger partial charge >= 0.3 is 0 Å². The fourth-order valence-electron chi connectivity index (χ4n) is 3.26. The van der Waals surface area contributed by atoms with Crippen molar-refractivity contribution in [2.45, 2.75) is 12.8 Å². The Hall–Kier alpha value is -4.39. The summed E-state index contributed by atoms with van der Waals surface area (Å²) in [5, 5.41) is 21.4. The van der Waals surface area contributed by atoms with Crippen LogP contribution < -0.4 is 10.1 Å². The van der Waals surface area contributed by atoms with E-state index < -0.39 is 23.4 Å². The Labute approximate surface area is 197 Å². The van der Waals surface area contributed by atoms with Crippen LogP contribution in [0.3, 0.4) is 0 Å². The summed E-state index contributed by atoms with van der Waals surface area (Å²) in [5.74, 6) is -2.60. The van der Waals surface area contributed by atoms with Gasteiger partial charge in [0.2, 0.25) is 5.91 Å². The van der Waals surface area contributed by atoms with E-state index in [9.17, 15) is 24.6 Å². The molecule has 0 saturated carbocycles. The zero-order valence-electron chi connectivity index (χ0n) is 18.6. The van der Waals surface area contributed by atoms with E-state index in [-0.39, 0.29) is 17.9 Å². The van der Waals surface area contributed by atoms with Crippen LogP contribution in [0, 0.1) is 5.92 Å². The number of Topliss-reactive ketones (excluding diaryl/α,β-unsaturated/α-hetero) is 1. The minimum absolute atomic E-state index is 0.0235. The van der Waals surface area contributed by atoms with Crippen molar-refractivity contribution in [3.05, 3.63) is 90.0 Å². The van der Waals surface area contributed by atoms with Gasteiger partial charge in [-0.25, -0.2) is 0 Å². The predicted molar refractivity (Wildman–Crippen MR) is 129 cm³/mol. The Morgan fingerprint density at radius 2 is 1.47 bits per heavy atom. The van der Waals surface area contributed by atoms with Crippen LogP contribution >= 0.6 is 0 Å². The molecule has 0 fully saturated rings. The Bertz CT molecular complexity index is 1170. The lowest BCUT2D eigenvalue weighted by molar-refractivity contribution is -0.136. The number of ether oxygens (including phenoxy) is 1. The monoisotopic (exact) mass is 459 g/mol. The highest BCUT2D eigenvalue weighted by molar-refractivity contribution is 6.25. The smallest absolute Gasteiger partial charge is 0.242 e. The Morgan fingerprint density at radius 3 is 2.06 bits per heavy atom. The standard InChI is InChI=1S/C27H25NO6/c1-34-23-14-8-20(9-15-23)28-27(33)26(24(31)16-6-18-2-10-21(29)11-3-18)25(32)17-7-19-4-12-22(30)13-5-19/h2-6,8-16,26,29-30H,7,17H2,1H3,(H,28,33)/b16-6+. The lowest BCUT2D eigenvalue weighted by Crippen LogP contribution is -2.35. The van der Waals surface area contributed by atoms with Crippen molar-refractivity contribution in [3.8, 4) is 17.2 Å². The highest BCUT2D eigenvalue weighted by Gasteiger charge is 2.32. The number of nitrogens with one attached hydrogen (secondary N) is 1. The molecule has 1 unspecified atom stereocenters. The number of carbonyl (C=O) groups excluding carboxylic acids is 3. The Morgan fingerprint density at radius 1 is 0.882 bits per heavy atom. The topological polar surface area (TPSA) is 113 Å². The predicted octanol–water partition coefficient (Wildman–Crippen LogP) is 4.15. The van der Waals surface area contributed by atoms with Gasteiger partial charge in [0, 0.05) is 12.1 Å². The number of carbonyl (C=O) groups is 3. The van der Waals surface area contributed by atoms with Crippen molar-refractivity contribution >= 4 is 29.2 Å². The summed E-state index contributed by atoms with van der Waals surface area (Å²) < 4.78 is 5.10. The molecule has 0 bridgehead atoms. The molecule has 7 nitrogen and oxygen atoms in total. The van der Waals surface area contributed by atoms with Crippen LogP contribution in [0.15, 0.2) is 78.9 Å². The number of rotatable bonds is 10. The molecule has 1 amide bonds. The third-order valence-electron chi connectivity index (χ3n) is 5.16. The maximum atomic E-state index is 13.0. The molecule has 0 saturated heterocycles. The number of amides is 1. The third-order valence-corrected chi connectivity index (χ3v) is 5.16. The number of phenolic OH excluding ortho intramolecular Hbond substituents is 2. The maximum Gasteiger partial charge on any atom is 0.242 e. The largest absolute Gasteiger partial charge is 0.508 e. The van der Waals surface area contributed by atoms with Gasteiger partial charge in [-0.1, -0.05) is 30.3 Å². The normalized spacial score (nSPS) is 11.7. The molecule has 3 rings (SSSR count). The summed E-state index contributed by atoms with van der Waals surface area (Å²) in [6, 6.07) is 19.1. The van der Waals surface area contributed by atoms with Gasteiger partial charge in [0.1, 0.15) is 17.2 Å².